The Morgan fingerprint density at radius 3 is 1.30 bits per heavy atom. The summed E-state index contributed by atoms with van der Waals surface area (Å²) >= 11 is 0. The third-order valence-electron chi connectivity index (χ3n) is 6.49. The third-order valence-corrected chi connectivity index (χ3v) is 6.49. The van der Waals surface area contributed by atoms with Crippen LogP contribution in [0.2, 0.25) is 0 Å². The molecule has 27 heavy (non-hydrogen) atoms. The summed E-state index contributed by atoms with van der Waals surface area (Å²) in [5.74, 6) is 1.21. The van der Waals surface area contributed by atoms with E-state index in [4.69, 9.17) is 4.74 Å². The molecule has 0 aliphatic carbocycles. The van der Waals surface area contributed by atoms with E-state index in [0.717, 1.165) is 6.61 Å². The van der Waals surface area contributed by atoms with Gasteiger partial charge in [-0.3, -0.25) is 0 Å². The predicted molar refractivity (Wildman–Crippen MR) is 124 cm³/mol. The van der Waals surface area contributed by atoms with E-state index in [1.807, 2.05) is 0 Å². The van der Waals surface area contributed by atoms with E-state index in [0.29, 0.717) is 11.8 Å². The molecule has 0 fully saturated rings. The highest BCUT2D eigenvalue weighted by atomic mass is 16.5. The molecule has 0 saturated carbocycles. The molecular weight excluding hydrogens is 328 g/mol. The fourth-order valence-electron chi connectivity index (χ4n) is 4.51. The molecule has 0 aromatic rings. The van der Waals surface area contributed by atoms with Gasteiger partial charge in [-0.25, -0.2) is 0 Å². The zero-order valence-electron chi connectivity index (χ0n) is 20.1. The summed E-state index contributed by atoms with van der Waals surface area (Å²) in [7, 11) is 0. The van der Waals surface area contributed by atoms with Gasteiger partial charge in [-0.1, -0.05) is 131 Å². The second kappa shape index (κ2) is 18.0. The molecular formula is C26H54O. The molecule has 1 heteroatoms. The van der Waals surface area contributed by atoms with Crippen LogP contribution in [0.1, 0.15) is 144 Å². The minimum atomic E-state index is 0.0878. The summed E-state index contributed by atoms with van der Waals surface area (Å²) in [5, 5.41) is 0. The molecule has 0 radical (unpaired) electrons. The van der Waals surface area contributed by atoms with Crippen LogP contribution in [0.4, 0.5) is 0 Å². The molecule has 0 saturated heterocycles. The molecule has 0 aromatic carbocycles. The lowest BCUT2D eigenvalue weighted by atomic mass is 9.76. The standard InChI is InChI=1S/C26H54O/c1-7-9-11-13-15-17-19-21-23-27-26(24(3)4,25(5)6)22-20-18-16-14-12-10-8-2/h24-25H,7-23H2,1-6H3. The zero-order valence-corrected chi connectivity index (χ0v) is 20.1. The highest BCUT2D eigenvalue weighted by molar-refractivity contribution is 4.87. The summed E-state index contributed by atoms with van der Waals surface area (Å²) in [4.78, 5) is 0. The molecule has 0 atom stereocenters. The van der Waals surface area contributed by atoms with Crippen molar-refractivity contribution in [3.63, 3.8) is 0 Å². The lowest BCUT2D eigenvalue weighted by Crippen LogP contribution is -2.44. The van der Waals surface area contributed by atoms with Crippen LogP contribution in [0, 0.1) is 11.8 Å². The van der Waals surface area contributed by atoms with Gasteiger partial charge in [0.15, 0.2) is 0 Å². The molecule has 164 valence electrons. The van der Waals surface area contributed by atoms with Crippen molar-refractivity contribution in [2.75, 3.05) is 6.61 Å². The van der Waals surface area contributed by atoms with Gasteiger partial charge >= 0.3 is 0 Å². The van der Waals surface area contributed by atoms with Crippen LogP contribution in [-0.4, -0.2) is 12.2 Å². The molecule has 1 nitrogen and oxygen atoms in total. The second-order valence-corrected chi connectivity index (χ2v) is 9.46. The lowest BCUT2D eigenvalue weighted by Gasteiger charge is -2.42. The lowest BCUT2D eigenvalue weighted by molar-refractivity contribution is -0.117. The van der Waals surface area contributed by atoms with Crippen LogP contribution in [0.15, 0.2) is 0 Å². The van der Waals surface area contributed by atoms with Gasteiger partial charge in [0.1, 0.15) is 0 Å². The van der Waals surface area contributed by atoms with Gasteiger partial charge in [-0.2, -0.15) is 0 Å². The Balaban J connectivity index is 4.09. The van der Waals surface area contributed by atoms with Crippen molar-refractivity contribution >= 4 is 0 Å². The maximum absolute atomic E-state index is 6.64. The zero-order chi connectivity index (χ0) is 20.4. The van der Waals surface area contributed by atoms with E-state index in [2.05, 4.69) is 41.5 Å². The maximum atomic E-state index is 6.64. The number of unbranched alkanes of at least 4 members (excludes halogenated alkanes) is 13. The molecule has 0 aromatic heterocycles. The highest BCUT2D eigenvalue weighted by Crippen LogP contribution is 2.36. The van der Waals surface area contributed by atoms with Crippen molar-refractivity contribution in [2.24, 2.45) is 11.8 Å². The van der Waals surface area contributed by atoms with E-state index in [9.17, 15) is 0 Å². The predicted octanol–water partition coefficient (Wildman–Crippen LogP) is 9.34. The van der Waals surface area contributed by atoms with E-state index in [-0.39, 0.29) is 5.60 Å². The molecule has 0 N–H and O–H groups in total. The van der Waals surface area contributed by atoms with Crippen LogP contribution in [0.5, 0.6) is 0 Å². The highest BCUT2D eigenvalue weighted by Gasteiger charge is 2.37. The van der Waals surface area contributed by atoms with Gasteiger partial charge in [0, 0.05) is 6.61 Å². The van der Waals surface area contributed by atoms with E-state index in [1.165, 1.54) is 103 Å². The van der Waals surface area contributed by atoms with Crippen molar-refractivity contribution in [1.29, 1.82) is 0 Å². The molecule has 0 amide bonds. The molecule has 0 unspecified atom stereocenters. The van der Waals surface area contributed by atoms with Crippen molar-refractivity contribution < 1.29 is 4.74 Å². The van der Waals surface area contributed by atoms with Crippen molar-refractivity contribution in [3.05, 3.63) is 0 Å². The first-order valence-electron chi connectivity index (χ1n) is 12.6. The molecule has 0 bridgehead atoms. The van der Waals surface area contributed by atoms with Gasteiger partial charge in [-0.15, -0.1) is 0 Å². The minimum absolute atomic E-state index is 0.0878. The van der Waals surface area contributed by atoms with Gasteiger partial charge < -0.3 is 4.74 Å². The summed E-state index contributed by atoms with van der Waals surface area (Å²) in [6.07, 6.45) is 22.0. The van der Waals surface area contributed by atoms with E-state index >= 15 is 0 Å². The quantitative estimate of drug-likeness (QED) is 0.190. The summed E-state index contributed by atoms with van der Waals surface area (Å²) in [6, 6.07) is 0. The molecule has 0 rings (SSSR count). The third kappa shape index (κ3) is 12.9. The van der Waals surface area contributed by atoms with E-state index < -0.39 is 0 Å². The largest absolute Gasteiger partial charge is 0.374 e. The van der Waals surface area contributed by atoms with Crippen LogP contribution in [-0.2, 0) is 4.74 Å². The van der Waals surface area contributed by atoms with Crippen LogP contribution >= 0.6 is 0 Å². The Bertz CT molecular complexity index is 287. The SMILES string of the molecule is CCCCCCCCCCOC(CCCCCCCCC)(C(C)C)C(C)C. The Labute approximate surface area is 173 Å². The number of ether oxygens (including phenoxy) is 1. The van der Waals surface area contributed by atoms with Gasteiger partial charge in [0.25, 0.3) is 0 Å². The first kappa shape index (κ1) is 27.0. The maximum Gasteiger partial charge on any atom is 0.0728 e. The average molecular weight is 383 g/mol. The Morgan fingerprint density at radius 2 is 0.889 bits per heavy atom. The van der Waals surface area contributed by atoms with Gasteiger partial charge in [-0.05, 0) is 24.7 Å². The van der Waals surface area contributed by atoms with Gasteiger partial charge in [0.05, 0.1) is 5.60 Å². The molecule has 0 aliphatic rings. The Kier molecular flexibility index (Phi) is 18.0. The number of hydrogen-bond acceptors (Lipinski definition) is 1. The van der Waals surface area contributed by atoms with Crippen LogP contribution < -0.4 is 0 Å². The summed E-state index contributed by atoms with van der Waals surface area (Å²) in [5.41, 5.74) is 0.0878. The smallest absolute Gasteiger partial charge is 0.0728 e. The van der Waals surface area contributed by atoms with E-state index in [1.54, 1.807) is 0 Å². The van der Waals surface area contributed by atoms with Crippen LogP contribution in [0.3, 0.4) is 0 Å². The fourth-order valence-corrected chi connectivity index (χ4v) is 4.51. The summed E-state index contributed by atoms with van der Waals surface area (Å²) < 4.78 is 6.64. The summed E-state index contributed by atoms with van der Waals surface area (Å²) in [6.45, 7) is 15.0. The number of hydrogen-bond donors (Lipinski definition) is 0. The first-order chi connectivity index (χ1) is 13.0. The van der Waals surface area contributed by atoms with Crippen molar-refractivity contribution in [2.45, 2.75) is 150 Å². The fraction of sp³-hybridized carbons (Fsp3) is 1.00. The molecule has 0 aliphatic heterocycles. The van der Waals surface area contributed by atoms with Crippen molar-refractivity contribution in [1.82, 2.24) is 0 Å². The molecule has 0 heterocycles. The van der Waals surface area contributed by atoms with Crippen LogP contribution in [0.25, 0.3) is 0 Å². The normalized spacial score (nSPS) is 12.4. The first-order valence-corrected chi connectivity index (χ1v) is 12.6. The Hall–Kier alpha value is -0.0400. The van der Waals surface area contributed by atoms with Crippen molar-refractivity contribution in [3.8, 4) is 0 Å². The minimum Gasteiger partial charge on any atom is -0.374 e. The monoisotopic (exact) mass is 382 g/mol. The number of rotatable bonds is 20. The topological polar surface area (TPSA) is 9.23 Å². The molecule has 0 spiro atoms. The Morgan fingerprint density at radius 1 is 0.519 bits per heavy atom. The van der Waals surface area contributed by atoms with Gasteiger partial charge in [0.2, 0.25) is 0 Å². The average Bonchev–Trinajstić information content (AvgIpc) is 2.63. The second-order valence-electron chi connectivity index (χ2n) is 9.46.